The number of aliphatic imine (C=N–C) groups is 2. The number of phenolic OH excluding ortho intramolecular Hbond substituents is 2. The van der Waals surface area contributed by atoms with Crippen molar-refractivity contribution in [1.29, 1.82) is 0 Å². The molecule has 4 heteroatoms. The number of hydrogen-bond acceptors (Lipinski definition) is 4. The summed E-state index contributed by atoms with van der Waals surface area (Å²) in [4.78, 5) is 9.47. The van der Waals surface area contributed by atoms with Gasteiger partial charge in [0.2, 0.25) is 0 Å². The third-order valence-electron chi connectivity index (χ3n) is 5.70. The van der Waals surface area contributed by atoms with Crippen LogP contribution in [0.4, 0.5) is 0 Å². The van der Waals surface area contributed by atoms with Gasteiger partial charge in [0.25, 0.3) is 0 Å². The van der Waals surface area contributed by atoms with Crippen molar-refractivity contribution in [2.24, 2.45) is 21.8 Å². The van der Waals surface area contributed by atoms with Crippen molar-refractivity contribution in [3.8, 4) is 11.5 Å². The molecule has 4 nitrogen and oxygen atoms in total. The Kier molecular flexibility index (Phi) is 7.89. The molecule has 0 aromatic heterocycles. The zero-order chi connectivity index (χ0) is 22.4. The van der Waals surface area contributed by atoms with E-state index < -0.39 is 0 Å². The first-order valence-corrected chi connectivity index (χ1v) is 11.5. The van der Waals surface area contributed by atoms with Gasteiger partial charge in [0.15, 0.2) is 0 Å². The predicted octanol–water partition coefficient (Wildman–Crippen LogP) is 5.95. The molecule has 0 bridgehead atoms. The van der Waals surface area contributed by atoms with E-state index in [1.54, 1.807) is 12.1 Å². The van der Waals surface area contributed by atoms with Crippen LogP contribution < -0.4 is 0 Å². The number of aromatic hydroxyl groups is 2. The molecule has 2 unspecified atom stereocenters. The molecule has 2 N–H and O–H groups in total. The van der Waals surface area contributed by atoms with E-state index in [2.05, 4.69) is 27.7 Å². The molecule has 2 aromatic rings. The van der Waals surface area contributed by atoms with E-state index in [4.69, 9.17) is 9.98 Å². The Labute approximate surface area is 186 Å². The number of nitrogens with zero attached hydrogens (tertiary/aromatic N) is 2. The fourth-order valence-corrected chi connectivity index (χ4v) is 4.19. The van der Waals surface area contributed by atoms with Gasteiger partial charge in [-0.3, -0.25) is 9.98 Å². The summed E-state index contributed by atoms with van der Waals surface area (Å²) in [6.45, 7) is 8.78. The summed E-state index contributed by atoms with van der Waals surface area (Å²) in [5.74, 6) is 1.71. The normalized spacial score (nSPS) is 19.4. The van der Waals surface area contributed by atoms with Crippen molar-refractivity contribution in [3.05, 3.63) is 58.7 Å². The minimum Gasteiger partial charge on any atom is -0.507 e. The Hall–Kier alpha value is -2.62. The highest BCUT2D eigenvalue weighted by molar-refractivity contribution is 5.84. The van der Waals surface area contributed by atoms with Gasteiger partial charge in [-0.05, 0) is 79.3 Å². The Bertz CT molecular complexity index is 855. The molecule has 0 amide bonds. The van der Waals surface area contributed by atoms with Crippen LogP contribution in [0.5, 0.6) is 11.5 Å². The van der Waals surface area contributed by atoms with Crippen molar-refractivity contribution >= 4 is 12.4 Å². The van der Waals surface area contributed by atoms with E-state index in [0.717, 1.165) is 43.2 Å². The van der Waals surface area contributed by atoms with Crippen molar-refractivity contribution in [2.75, 3.05) is 0 Å². The largest absolute Gasteiger partial charge is 0.507 e. The summed E-state index contributed by atoms with van der Waals surface area (Å²) < 4.78 is 0. The van der Waals surface area contributed by atoms with Crippen LogP contribution in [0, 0.1) is 11.8 Å². The molecule has 166 valence electrons. The van der Waals surface area contributed by atoms with E-state index in [9.17, 15) is 10.2 Å². The second-order valence-electron chi connectivity index (χ2n) is 9.66. The third-order valence-corrected chi connectivity index (χ3v) is 5.70. The molecule has 0 radical (unpaired) electrons. The van der Waals surface area contributed by atoms with Crippen LogP contribution in [0.1, 0.15) is 69.2 Å². The number of benzene rings is 2. The molecule has 31 heavy (non-hydrogen) atoms. The molecular formula is C27H36N2O2. The average molecular weight is 421 g/mol. The van der Waals surface area contributed by atoms with E-state index in [0.29, 0.717) is 11.8 Å². The third kappa shape index (κ3) is 6.95. The average Bonchev–Trinajstić information content (AvgIpc) is 3.16. The van der Waals surface area contributed by atoms with Gasteiger partial charge in [0, 0.05) is 23.6 Å². The smallest absolute Gasteiger partial charge is 0.124 e. The summed E-state index contributed by atoms with van der Waals surface area (Å²) in [6.07, 6.45) is 8.49. The molecule has 0 spiro atoms. The van der Waals surface area contributed by atoms with Crippen LogP contribution in [-0.2, 0) is 12.8 Å². The van der Waals surface area contributed by atoms with Crippen LogP contribution in [0.3, 0.4) is 0 Å². The highest BCUT2D eigenvalue weighted by Gasteiger charge is 2.23. The number of hydrogen-bond donors (Lipinski definition) is 2. The molecule has 2 aromatic carbocycles. The topological polar surface area (TPSA) is 65.2 Å². The fraction of sp³-hybridized carbons (Fsp3) is 0.481. The second kappa shape index (κ2) is 10.6. The monoisotopic (exact) mass is 420 g/mol. The van der Waals surface area contributed by atoms with Crippen LogP contribution >= 0.6 is 0 Å². The molecule has 0 heterocycles. The van der Waals surface area contributed by atoms with Gasteiger partial charge in [-0.15, -0.1) is 0 Å². The molecule has 0 saturated heterocycles. The summed E-state index contributed by atoms with van der Waals surface area (Å²) >= 11 is 0. The standard InChI is InChI=1S/C27H36N2O2/c1-18(2)11-20-5-9-26(30)22(13-20)16-28-24-7-8-25(15-24)29-17-23-14-21(12-19(3)4)6-10-27(23)31/h5-6,9-10,13-14,16-19,24-25,30-31H,7-8,11-12,15H2,1-4H3. The first-order valence-electron chi connectivity index (χ1n) is 11.5. The lowest BCUT2D eigenvalue weighted by molar-refractivity contribution is 0.473. The van der Waals surface area contributed by atoms with Crippen LogP contribution in [-0.4, -0.2) is 34.7 Å². The quantitative estimate of drug-likeness (QED) is 0.518. The van der Waals surface area contributed by atoms with E-state index in [1.807, 2.05) is 36.7 Å². The molecule has 1 aliphatic carbocycles. The van der Waals surface area contributed by atoms with Gasteiger partial charge in [0.1, 0.15) is 11.5 Å². The molecule has 3 rings (SSSR count). The van der Waals surface area contributed by atoms with Gasteiger partial charge in [0.05, 0.1) is 12.1 Å². The van der Waals surface area contributed by atoms with E-state index in [1.165, 1.54) is 11.1 Å². The molecule has 2 atom stereocenters. The number of phenols is 2. The Balaban J connectivity index is 1.61. The lowest BCUT2D eigenvalue weighted by Gasteiger charge is -2.08. The predicted molar refractivity (Wildman–Crippen MR) is 130 cm³/mol. The van der Waals surface area contributed by atoms with Crippen molar-refractivity contribution in [1.82, 2.24) is 0 Å². The summed E-state index contributed by atoms with van der Waals surface area (Å²) in [5, 5.41) is 20.3. The summed E-state index contributed by atoms with van der Waals surface area (Å²) in [7, 11) is 0. The maximum atomic E-state index is 10.2. The summed E-state index contributed by atoms with van der Waals surface area (Å²) in [5.41, 5.74) is 4.03. The maximum absolute atomic E-state index is 10.2. The second-order valence-corrected chi connectivity index (χ2v) is 9.66. The molecule has 1 aliphatic rings. The van der Waals surface area contributed by atoms with Crippen molar-refractivity contribution in [3.63, 3.8) is 0 Å². The van der Waals surface area contributed by atoms with Gasteiger partial charge in [-0.25, -0.2) is 0 Å². The SMILES string of the molecule is CC(C)Cc1ccc(O)c(C=NC2CCC(N=Cc3cc(CC(C)C)ccc3O)C2)c1. The Morgan fingerprint density at radius 1 is 0.774 bits per heavy atom. The van der Waals surface area contributed by atoms with Gasteiger partial charge >= 0.3 is 0 Å². The molecular weight excluding hydrogens is 384 g/mol. The van der Waals surface area contributed by atoms with Crippen molar-refractivity contribution < 1.29 is 10.2 Å². The zero-order valence-corrected chi connectivity index (χ0v) is 19.3. The fourth-order valence-electron chi connectivity index (χ4n) is 4.19. The minimum atomic E-state index is 0.219. The number of rotatable bonds is 8. The summed E-state index contributed by atoms with van der Waals surface area (Å²) in [6, 6.07) is 12.0. The first kappa shape index (κ1) is 23.1. The highest BCUT2D eigenvalue weighted by Crippen LogP contribution is 2.26. The van der Waals surface area contributed by atoms with Crippen LogP contribution in [0.2, 0.25) is 0 Å². The zero-order valence-electron chi connectivity index (χ0n) is 19.3. The lowest BCUT2D eigenvalue weighted by atomic mass is 10.0. The minimum absolute atomic E-state index is 0.219. The first-order chi connectivity index (χ1) is 14.8. The van der Waals surface area contributed by atoms with Gasteiger partial charge in [-0.2, -0.15) is 0 Å². The van der Waals surface area contributed by atoms with Gasteiger partial charge in [-0.1, -0.05) is 39.8 Å². The lowest BCUT2D eigenvalue weighted by Crippen LogP contribution is -2.03. The van der Waals surface area contributed by atoms with E-state index in [-0.39, 0.29) is 23.6 Å². The van der Waals surface area contributed by atoms with Gasteiger partial charge < -0.3 is 10.2 Å². The van der Waals surface area contributed by atoms with Crippen molar-refractivity contribution in [2.45, 2.75) is 71.9 Å². The van der Waals surface area contributed by atoms with Crippen LogP contribution in [0.25, 0.3) is 0 Å². The Morgan fingerprint density at radius 2 is 1.19 bits per heavy atom. The maximum Gasteiger partial charge on any atom is 0.124 e. The van der Waals surface area contributed by atoms with E-state index >= 15 is 0 Å². The molecule has 1 fully saturated rings. The Morgan fingerprint density at radius 3 is 1.58 bits per heavy atom. The molecule has 0 aliphatic heterocycles. The van der Waals surface area contributed by atoms with Crippen LogP contribution in [0.15, 0.2) is 46.4 Å². The highest BCUT2D eigenvalue weighted by atomic mass is 16.3. The molecule has 1 saturated carbocycles.